The molecule has 0 bridgehead atoms. The van der Waals surface area contributed by atoms with Crippen molar-refractivity contribution in [3.63, 3.8) is 0 Å². The van der Waals surface area contributed by atoms with E-state index in [0.717, 1.165) is 30.5 Å². The summed E-state index contributed by atoms with van der Waals surface area (Å²) in [4.78, 5) is 36.6. The SMILES string of the molecule is CCNCC(=O)N1CC[C@]2(c3ccc(OC)c(OC)c3)CC[C@@H](NC(=O)Nc3ccc(F)c(F)c3)C[C@H]12.O=C(O)C(F)(F)F. The van der Waals surface area contributed by atoms with Gasteiger partial charge in [-0.05, 0) is 62.1 Å². The molecule has 10 nitrogen and oxygen atoms in total. The first-order valence-electron chi connectivity index (χ1n) is 13.8. The van der Waals surface area contributed by atoms with Crippen LogP contribution in [0.2, 0.25) is 0 Å². The Morgan fingerprint density at radius 1 is 1.02 bits per heavy atom. The van der Waals surface area contributed by atoms with Gasteiger partial charge < -0.3 is 35.4 Å². The fourth-order valence-corrected chi connectivity index (χ4v) is 5.72. The van der Waals surface area contributed by atoms with Crippen LogP contribution in [-0.2, 0) is 15.0 Å². The first-order chi connectivity index (χ1) is 20.7. The van der Waals surface area contributed by atoms with Crippen LogP contribution >= 0.6 is 0 Å². The smallest absolute Gasteiger partial charge is 0.490 e. The summed E-state index contributed by atoms with van der Waals surface area (Å²) in [6.07, 6.45) is -2.25. The Labute approximate surface area is 250 Å². The molecule has 0 unspecified atom stereocenters. The number of urea groups is 1. The van der Waals surface area contributed by atoms with E-state index in [1.165, 1.54) is 6.07 Å². The number of likely N-dealkylation sites (tertiary alicyclic amines) is 1. The normalized spacial score (nSPS) is 21.0. The maximum Gasteiger partial charge on any atom is 0.490 e. The number of hydrogen-bond donors (Lipinski definition) is 4. The number of carboxylic acid groups (broad SMARTS) is 1. The minimum atomic E-state index is -5.08. The summed E-state index contributed by atoms with van der Waals surface area (Å²) < 4.78 is 69.5. The summed E-state index contributed by atoms with van der Waals surface area (Å²) in [5.41, 5.74) is 0.963. The second kappa shape index (κ2) is 14.6. The summed E-state index contributed by atoms with van der Waals surface area (Å²) in [6, 6.07) is 8.31. The molecule has 2 fully saturated rings. The number of anilines is 1. The standard InChI is InChI=1S/C27H34F2N4O4.C2HF3O2/c1-4-30-16-25(34)33-12-11-27(17-5-8-22(36-2)23(13-17)37-3)10-9-19(15-24(27)33)32-26(35)31-18-6-7-20(28)21(29)14-18;3-2(4,5)1(6)7/h5-8,13-14,19,24,30H,4,9-12,15-16H2,1-3H3,(H2,31,32,35);(H,6,7)/t19-,24+,27+;/m1./s1. The molecule has 242 valence electrons. The van der Waals surface area contributed by atoms with Gasteiger partial charge in [-0.2, -0.15) is 13.2 Å². The maximum absolute atomic E-state index is 13.5. The van der Waals surface area contributed by atoms with Gasteiger partial charge in [-0.3, -0.25) is 4.79 Å². The molecular weight excluding hydrogens is 595 g/mol. The van der Waals surface area contributed by atoms with Crippen LogP contribution in [0, 0.1) is 11.6 Å². The van der Waals surface area contributed by atoms with Crippen molar-refractivity contribution >= 4 is 23.6 Å². The van der Waals surface area contributed by atoms with Crippen LogP contribution in [0.15, 0.2) is 36.4 Å². The topological polar surface area (TPSA) is 129 Å². The lowest BCUT2D eigenvalue weighted by Gasteiger charge is -2.45. The van der Waals surface area contributed by atoms with Crippen molar-refractivity contribution in [2.45, 2.75) is 56.3 Å². The monoisotopic (exact) mass is 630 g/mol. The Bertz CT molecular complexity index is 1340. The molecule has 1 aliphatic carbocycles. The number of benzene rings is 2. The van der Waals surface area contributed by atoms with E-state index in [4.69, 9.17) is 19.4 Å². The van der Waals surface area contributed by atoms with Gasteiger partial charge in [0.1, 0.15) is 0 Å². The molecule has 2 aliphatic rings. The quantitative estimate of drug-likeness (QED) is 0.318. The first-order valence-corrected chi connectivity index (χ1v) is 13.8. The van der Waals surface area contributed by atoms with Crippen molar-refractivity contribution in [2.75, 3.05) is 39.2 Å². The predicted octanol–water partition coefficient (Wildman–Crippen LogP) is 4.44. The second-order valence-electron chi connectivity index (χ2n) is 10.4. The Balaban J connectivity index is 0.000000676. The lowest BCUT2D eigenvalue weighted by atomic mass is 9.65. The van der Waals surface area contributed by atoms with Gasteiger partial charge in [0.2, 0.25) is 5.91 Å². The number of likely N-dealkylation sites (N-methyl/N-ethyl adjacent to an activating group) is 1. The third-order valence-electron chi connectivity index (χ3n) is 7.82. The number of rotatable bonds is 8. The molecule has 15 heteroatoms. The summed E-state index contributed by atoms with van der Waals surface area (Å²) in [6.45, 7) is 3.53. The van der Waals surface area contributed by atoms with Crippen molar-refractivity contribution in [1.82, 2.24) is 15.5 Å². The number of halogens is 5. The molecule has 0 radical (unpaired) electrons. The van der Waals surface area contributed by atoms with E-state index in [1.807, 2.05) is 30.0 Å². The lowest BCUT2D eigenvalue weighted by Crippen LogP contribution is -2.55. The molecule has 2 aromatic carbocycles. The van der Waals surface area contributed by atoms with Gasteiger partial charge in [0.15, 0.2) is 23.1 Å². The molecule has 1 saturated carbocycles. The summed E-state index contributed by atoms with van der Waals surface area (Å²) in [5, 5.41) is 15.8. The van der Waals surface area contributed by atoms with Gasteiger partial charge in [-0.15, -0.1) is 0 Å². The fraction of sp³-hybridized carbons (Fsp3) is 0.483. The third-order valence-corrected chi connectivity index (χ3v) is 7.82. The molecule has 1 heterocycles. The zero-order chi connectivity index (χ0) is 32.7. The molecular formula is C29H35F5N4O6. The predicted molar refractivity (Wildman–Crippen MR) is 150 cm³/mol. The molecule has 44 heavy (non-hydrogen) atoms. The number of nitrogens with one attached hydrogen (secondary N) is 3. The van der Waals surface area contributed by atoms with Gasteiger partial charge in [-0.1, -0.05) is 13.0 Å². The first kappa shape index (κ1) is 34.4. The minimum Gasteiger partial charge on any atom is -0.493 e. The Morgan fingerprint density at radius 3 is 2.30 bits per heavy atom. The number of alkyl halides is 3. The molecule has 4 N–H and O–H groups in total. The highest BCUT2D eigenvalue weighted by Gasteiger charge is 2.53. The van der Waals surface area contributed by atoms with Gasteiger partial charge in [0, 0.05) is 35.8 Å². The van der Waals surface area contributed by atoms with Crippen LogP contribution in [-0.4, -0.2) is 80.0 Å². The van der Waals surface area contributed by atoms with E-state index in [9.17, 15) is 31.5 Å². The number of amides is 3. The number of nitrogens with zero attached hydrogens (tertiary/aromatic N) is 1. The zero-order valence-electron chi connectivity index (χ0n) is 24.4. The van der Waals surface area contributed by atoms with E-state index in [-0.39, 0.29) is 35.6 Å². The molecule has 1 aliphatic heterocycles. The van der Waals surface area contributed by atoms with Gasteiger partial charge in [0.25, 0.3) is 0 Å². The number of ether oxygens (including phenoxy) is 2. The molecule has 0 aromatic heterocycles. The van der Waals surface area contributed by atoms with E-state index < -0.39 is 29.8 Å². The second-order valence-corrected chi connectivity index (χ2v) is 10.4. The summed E-state index contributed by atoms with van der Waals surface area (Å²) in [5.74, 6) is -3.46. The van der Waals surface area contributed by atoms with E-state index in [0.29, 0.717) is 37.4 Å². The van der Waals surface area contributed by atoms with Gasteiger partial charge in [-0.25, -0.2) is 18.4 Å². The Kier molecular flexibility index (Phi) is 11.4. The van der Waals surface area contributed by atoms with Crippen LogP contribution in [0.25, 0.3) is 0 Å². The van der Waals surface area contributed by atoms with E-state index >= 15 is 0 Å². The molecule has 1 saturated heterocycles. The lowest BCUT2D eigenvalue weighted by molar-refractivity contribution is -0.192. The van der Waals surface area contributed by atoms with Gasteiger partial charge in [0.05, 0.1) is 20.8 Å². The van der Waals surface area contributed by atoms with Gasteiger partial charge >= 0.3 is 18.2 Å². The number of hydrogen-bond acceptors (Lipinski definition) is 6. The summed E-state index contributed by atoms with van der Waals surface area (Å²) in [7, 11) is 3.20. The number of carboxylic acids is 1. The van der Waals surface area contributed by atoms with Crippen molar-refractivity contribution < 1.29 is 50.9 Å². The van der Waals surface area contributed by atoms with Crippen LogP contribution in [0.4, 0.5) is 32.4 Å². The molecule has 4 rings (SSSR count). The van der Waals surface area contributed by atoms with Crippen LogP contribution in [0.1, 0.15) is 38.2 Å². The van der Waals surface area contributed by atoms with Crippen molar-refractivity contribution in [2.24, 2.45) is 0 Å². The number of methoxy groups -OCH3 is 2. The highest BCUT2D eigenvalue weighted by Crippen LogP contribution is 2.50. The summed E-state index contributed by atoms with van der Waals surface area (Å²) >= 11 is 0. The van der Waals surface area contributed by atoms with Crippen LogP contribution in [0.5, 0.6) is 11.5 Å². The highest BCUT2D eigenvalue weighted by atomic mass is 19.4. The zero-order valence-corrected chi connectivity index (χ0v) is 24.4. The molecule has 0 spiro atoms. The fourth-order valence-electron chi connectivity index (χ4n) is 5.72. The number of carbonyl (C=O) groups is 3. The largest absolute Gasteiger partial charge is 0.493 e. The number of aliphatic carboxylic acids is 1. The maximum atomic E-state index is 13.5. The van der Waals surface area contributed by atoms with Crippen molar-refractivity contribution in [1.29, 1.82) is 0 Å². The Hall–Kier alpha value is -4.14. The van der Waals surface area contributed by atoms with Crippen LogP contribution in [0.3, 0.4) is 0 Å². The van der Waals surface area contributed by atoms with Crippen LogP contribution < -0.4 is 25.4 Å². The molecule has 2 aromatic rings. The van der Waals surface area contributed by atoms with Crippen molar-refractivity contribution in [3.8, 4) is 11.5 Å². The van der Waals surface area contributed by atoms with E-state index in [1.54, 1.807) is 14.2 Å². The molecule has 3 atom stereocenters. The average Bonchev–Trinajstić information content (AvgIpc) is 3.37. The highest BCUT2D eigenvalue weighted by molar-refractivity contribution is 5.89. The van der Waals surface area contributed by atoms with Crippen molar-refractivity contribution in [3.05, 3.63) is 53.6 Å². The van der Waals surface area contributed by atoms with E-state index in [2.05, 4.69) is 16.0 Å². The third kappa shape index (κ3) is 8.07. The number of fused-ring (bicyclic) bond motifs is 1. The number of carbonyl (C=O) groups excluding carboxylic acids is 2. The molecule has 3 amide bonds. The minimum absolute atomic E-state index is 0.0288. The Morgan fingerprint density at radius 2 is 1.70 bits per heavy atom. The average molecular weight is 631 g/mol.